The van der Waals surface area contributed by atoms with Crippen molar-refractivity contribution in [1.29, 1.82) is 0 Å². The Morgan fingerprint density at radius 3 is 2.36 bits per heavy atom. The molecule has 1 aromatic heterocycles. The van der Waals surface area contributed by atoms with Gasteiger partial charge in [-0.15, -0.1) is 0 Å². The molecule has 2 heterocycles. The Morgan fingerprint density at radius 2 is 1.76 bits per heavy atom. The van der Waals surface area contributed by atoms with E-state index in [1.807, 2.05) is 0 Å². The van der Waals surface area contributed by atoms with Gasteiger partial charge in [0.05, 0.1) is 6.54 Å². The van der Waals surface area contributed by atoms with Gasteiger partial charge in [-0.05, 0) is 38.5 Å². The predicted octanol–water partition coefficient (Wildman–Crippen LogP) is 2.21. The average Bonchev–Trinajstić information content (AvgIpc) is 2.95. The maximum Gasteiger partial charge on any atom is 0.317 e. The summed E-state index contributed by atoms with van der Waals surface area (Å²) < 4.78 is 59.4. The molecule has 134 valence electrons. The molecule has 25 heavy (non-hydrogen) atoms. The highest BCUT2D eigenvalue weighted by Gasteiger charge is 2.37. The minimum Gasteiger partial charge on any atom is -0.459 e. The Hall–Kier alpha value is -2.13. The monoisotopic (exact) mass is 369 g/mol. The minimum atomic E-state index is -4.28. The summed E-state index contributed by atoms with van der Waals surface area (Å²) in [6.07, 6.45) is -0.100. The molecule has 0 unspecified atom stereocenters. The van der Waals surface area contributed by atoms with E-state index in [-0.39, 0.29) is 19.1 Å². The maximum absolute atomic E-state index is 13.8. The summed E-state index contributed by atoms with van der Waals surface area (Å²) in [6, 6.07) is 4.92. The molecule has 3 rings (SSSR count). The first-order chi connectivity index (χ1) is 11.8. The molecule has 0 amide bonds. The van der Waals surface area contributed by atoms with Crippen LogP contribution in [0.25, 0.3) is 0 Å². The normalized spacial score (nSPS) is 18.5. The first-order valence-corrected chi connectivity index (χ1v) is 9.14. The number of rotatable bonds is 4. The number of aromatic nitrogens is 2. The van der Waals surface area contributed by atoms with Crippen LogP contribution < -0.4 is 4.74 Å². The van der Waals surface area contributed by atoms with Crippen molar-refractivity contribution in [2.24, 2.45) is 0 Å². The van der Waals surface area contributed by atoms with E-state index >= 15 is 0 Å². The van der Waals surface area contributed by atoms with Crippen LogP contribution in [0.2, 0.25) is 0 Å². The van der Waals surface area contributed by atoms with Crippen LogP contribution >= 0.6 is 0 Å². The minimum absolute atomic E-state index is 0.0214. The van der Waals surface area contributed by atoms with Crippen LogP contribution in [-0.2, 0) is 10.0 Å². The fraction of sp³-hybridized carbons (Fsp3) is 0.375. The lowest BCUT2D eigenvalue weighted by Gasteiger charge is -2.17. The van der Waals surface area contributed by atoms with E-state index in [9.17, 15) is 17.2 Å². The molecule has 0 bridgehead atoms. The number of hydrogen-bond acceptors (Lipinski definition) is 5. The summed E-state index contributed by atoms with van der Waals surface area (Å²) in [5, 5.41) is 0. The molecule has 2 aromatic rings. The van der Waals surface area contributed by atoms with Crippen LogP contribution in [-0.4, -0.2) is 41.9 Å². The summed E-state index contributed by atoms with van der Waals surface area (Å²) >= 11 is 0. The molecule has 0 N–H and O–H groups in total. The number of sulfonamides is 1. The lowest BCUT2D eigenvalue weighted by Crippen LogP contribution is -2.32. The van der Waals surface area contributed by atoms with Crippen molar-refractivity contribution in [1.82, 2.24) is 14.3 Å². The topological polar surface area (TPSA) is 72.4 Å². The second kappa shape index (κ2) is 6.64. The quantitative estimate of drug-likeness (QED) is 0.826. The zero-order valence-electron chi connectivity index (χ0n) is 13.7. The molecule has 1 atom stereocenters. The van der Waals surface area contributed by atoms with Gasteiger partial charge in [0.25, 0.3) is 0 Å². The van der Waals surface area contributed by atoms with E-state index in [4.69, 9.17) is 4.74 Å². The smallest absolute Gasteiger partial charge is 0.317 e. The highest BCUT2D eigenvalue weighted by molar-refractivity contribution is 7.89. The Kier molecular flexibility index (Phi) is 4.70. The molecule has 6 nitrogen and oxygen atoms in total. The number of ether oxygens (including phenoxy) is 1. The highest BCUT2D eigenvalue weighted by atomic mass is 32.2. The molecule has 0 aliphatic carbocycles. The molecule has 1 fully saturated rings. The van der Waals surface area contributed by atoms with Crippen LogP contribution in [0.4, 0.5) is 8.78 Å². The van der Waals surface area contributed by atoms with E-state index in [1.54, 1.807) is 19.9 Å². The fourth-order valence-corrected chi connectivity index (χ4v) is 4.36. The van der Waals surface area contributed by atoms with Gasteiger partial charge in [-0.2, -0.15) is 4.31 Å². The Labute approximate surface area is 144 Å². The molecule has 9 heteroatoms. The van der Waals surface area contributed by atoms with Gasteiger partial charge in [0.15, 0.2) is 4.90 Å². The van der Waals surface area contributed by atoms with Crippen molar-refractivity contribution in [3.05, 3.63) is 47.3 Å². The summed E-state index contributed by atoms with van der Waals surface area (Å²) in [7, 11) is -4.28. The van der Waals surface area contributed by atoms with E-state index < -0.39 is 32.7 Å². The van der Waals surface area contributed by atoms with E-state index in [1.165, 1.54) is 0 Å². The first-order valence-electron chi connectivity index (χ1n) is 7.70. The highest BCUT2D eigenvalue weighted by Crippen LogP contribution is 2.26. The van der Waals surface area contributed by atoms with Crippen molar-refractivity contribution < 1.29 is 21.9 Å². The fourth-order valence-electron chi connectivity index (χ4n) is 2.77. The third-order valence-corrected chi connectivity index (χ3v) is 5.78. The molecular formula is C16H17F2N3O3S. The van der Waals surface area contributed by atoms with Crippen molar-refractivity contribution >= 4 is 10.0 Å². The van der Waals surface area contributed by atoms with Crippen molar-refractivity contribution in [3.8, 4) is 6.01 Å². The van der Waals surface area contributed by atoms with Crippen LogP contribution in [0.3, 0.4) is 0 Å². The standard InChI is InChI=1S/C16H17F2N3O3S/c1-10-8-11(2)20-16(19-10)24-12-6-7-21(9-12)25(22,23)15-13(17)4-3-5-14(15)18/h3-5,8,12H,6-7,9H2,1-2H3/t12-/m1/s1. The Balaban J connectivity index is 1.78. The predicted molar refractivity (Wildman–Crippen MR) is 85.7 cm³/mol. The van der Waals surface area contributed by atoms with Crippen molar-refractivity contribution in [2.75, 3.05) is 13.1 Å². The number of hydrogen-bond donors (Lipinski definition) is 0. The summed E-state index contributed by atoms with van der Waals surface area (Å²) in [5.41, 5.74) is 1.47. The average molecular weight is 369 g/mol. The lowest BCUT2D eigenvalue weighted by atomic mass is 10.3. The second-order valence-electron chi connectivity index (χ2n) is 5.88. The summed E-state index contributed by atoms with van der Waals surface area (Å²) in [4.78, 5) is 7.37. The van der Waals surface area contributed by atoms with E-state index in [2.05, 4.69) is 9.97 Å². The summed E-state index contributed by atoms with van der Waals surface area (Å²) in [6.45, 7) is 3.68. The number of nitrogens with zero attached hydrogens (tertiary/aromatic N) is 3. The van der Waals surface area contributed by atoms with Crippen LogP contribution in [0, 0.1) is 25.5 Å². The largest absolute Gasteiger partial charge is 0.459 e. The lowest BCUT2D eigenvalue weighted by molar-refractivity contribution is 0.197. The second-order valence-corrected chi connectivity index (χ2v) is 7.75. The van der Waals surface area contributed by atoms with E-state index in [0.717, 1.165) is 33.9 Å². The van der Waals surface area contributed by atoms with Crippen LogP contribution in [0.15, 0.2) is 29.2 Å². The third kappa shape index (κ3) is 3.62. The van der Waals surface area contributed by atoms with Gasteiger partial charge in [-0.25, -0.2) is 27.2 Å². The van der Waals surface area contributed by atoms with Gasteiger partial charge in [-0.3, -0.25) is 0 Å². The third-order valence-electron chi connectivity index (χ3n) is 3.86. The Bertz CT molecular complexity index is 865. The maximum atomic E-state index is 13.8. The number of benzene rings is 1. The van der Waals surface area contributed by atoms with Gasteiger partial charge in [0.1, 0.15) is 17.7 Å². The van der Waals surface area contributed by atoms with Crippen molar-refractivity contribution in [3.63, 3.8) is 0 Å². The van der Waals surface area contributed by atoms with Crippen LogP contribution in [0.5, 0.6) is 6.01 Å². The van der Waals surface area contributed by atoms with Gasteiger partial charge in [0, 0.05) is 17.9 Å². The van der Waals surface area contributed by atoms with Crippen molar-refractivity contribution in [2.45, 2.75) is 31.3 Å². The molecule has 1 aliphatic rings. The number of halogens is 2. The molecule has 0 saturated carbocycles. The van der Waals surface area contributed by atoms with Gasteiger partial charge in [0.2, 0.25) is 10.0 Å². The SMILES string of the molecule is Cc1cc(C)nc(O[C@@H]2CCN(S(=O)(=O)c3c(F)cccc3F)C2)n1. The molecule has 1 aliphatic heterocycles. The van der Waals surface area contributed by atoms with Gasteiger partial charge in [-0.1, -0.05) is 6.07 Å². The summed E-state index contributed by atoms with van der Waals surface area (Å²) in [5.74, 6) is -2.22. The van der Waals surface area contributed by atoms with Crippen LogP contribution in [0.1, 0.15) is 17.8 Å². The van der Waals surface area contributed by atoms with Gasteiger partial charge >= 0.3 is 6.01 Å². The molecule has 1 saturated heterocycles. The zero-order chi connectivity index (χ0) is 18.2. The number of aryl methyl sites for hydroxylation is 2. The molecule has 1 aromatic carbocycles. The van der Waals surface area contributed by atoms with E-state index in [0.29, 0.717) is 6.42 Å². The molecular weight excluding hydrogens is 352 g/mol. The molecule has 0 spiro atoms. The molecule has 0 radical (unpaired) electrons. The zero-order valence-corrected chi connectivity index (χ0v) is 14.6. The first kappa shape index (κ1) is 17.7. The Morgan fingerprint density at radius 1 is 1.16 bits per heavy atom. The van der Waals surface area contributed by atoms with Gasteiger partial charge < -0.3 is 4.74 Å².